The molecule has 1 heterocycles. The zero-order chi connectivity index (χ0) is 25.4. The van der Waals surface area contributed by atoms with Crippen LogP contribution in [-0.4, -0.2) is 40.2 Å². The molecule has 3 rings (SSSR count). The molecular weight excluding hydrogens is 448 g/mol. The summed E-state index contributed by atoms with van der Waals surface area (Å²) in [7, 11) is 1.29. The molecule has 184 valence electrons. The molecule has 9 nitrogen and oxygen atoms in total. The Labute approximate surface area is 204 Å². The third-order valence-electron chi connectivity index (χ3n) is 5.00. The molecule has 2 amide bonds. The lowest BCUT2D eigenvalue weighted by molar-refractivity contribution is 0.0502. The van der Waals surface area contributed by atoms with Gasteiger partial charge in [0.15, 0.2) is 0 Å². The third-order valence-corrected chi connectivity index (χ3v) is 5.00. The summed E-state index contributed by atoms with van der Waals surface area (Å²) in [6, 6.07) is 18.0. The number of alkyl carbamates (subject to hydrolysis) is 1. The molecule has 0 saturated carbocycles. The van der Waals surface area contributed by atoms with E-state index in [4.69, 9.17) is 4.74 Å². The lowest BCUT2D eigenvalue weighted by Crippen LogP contribution is -2.36. The van der Waals surface area contributed by atoms with Gasteiger partial charge in [0, 0.05) is 11.3 Å². The SMILES string of the molecule is COC(=O)Nc1ccc(-c2cc([C@H](Cc3ccccc3)NC(=O)OC(C)(C)C)nnc2CO)cc1. The van der Waals surface area contributed by atoms with E-state index in [0.717, 1.165) is 11.1 Å². The van der Waals surface area contributed by atoms with Crippen molar-refractivity contribution in [1.82, 2.24) is 15.5 Å². The Hall–Kier alpha value is -3.98. The topological polar surface area (TPSA) is 123 Å². The molecule has 0 saturated heterocycles. The highest BCUT2D eigenvalue weighted by Gasteiger charge is 2.23. The number of carbonyl (C=O) groups is 2. The van der Waals surface area contributed by atoms with Crippen LogP contribution < -0.4 is 10.6 Å². The Morgan fingerprint density at radius 2 is 1.69 bits per heavy atom. The van der Waals surface area contributed by atoms with Crippen LogP contribution in [0.4, 0.5) is 15.3 Å². The number of hydrogen-bond donors (Lipinski definition) is 3. The second-order valence-corrected chi connectivity index (χ2v) is 8.87. The second kappa shape index (κ2) is 11.4. The van der Waals surface area contributed by atoms with Gasteiger partial charge < -0.3 is 19.9 Å². The minimum absolute atomic E-state index is 0.312. The van der Waals surface area contributed by atoms with E-state index in [-0.39, 0.29) is 6.61 Å². The molecule has 0 fully saturated rings. The van der Waals surface area contributed by atoms with Crippen LogP contribution >= 0.6 is 0 Å². The van der Waals surface area contributed by atoms with Gasteiger partial charge in [0.1, 0.15) is 5.60 Å². The largest absolute Gasteiger partial charge is 0.453 e. The van der Waals surface area contributed by atoms with Crippen LogP contribution in [0.15, 0.2) is 60.7 Å². The molecule has 0 bridgehead atoms. The number of aromatic nitrogens is 2. The van der Waals surface area contributed by atoms with Crippen molar-refractivity contribution in [3.8, 4) is 11.1 Å². The van der Waals surface area contributed by atoms with E-state index in [0.29, 0.717) is 29.1 Å². The van der Waals surface area contributed by atoms with Gasteiger partial charge >= 0.3 is 12.2 Å². The second-order valence-electron chi connectivity index (χ2n) is 8.87. The number of ether oxygens (including phenoxy) is 2. The van der Waals surface area contributed by atoms with Gasteiger partial charge in [0.05, 0.1) is 31.1 Å². The third kappa shape index (κ3) is 7.51. The van der Waals surface area contributed by atoms with E-state index >= 15 is 0 Å². The fourth-order valence-corrected chi connectivity index (χ4v) is 3.40. The zero-order valence-electron chi connectivity index (χ0n) is 20.2. The Kier molecular flexibility index (Phi) is 8.38. The molecule has 0 radical (unpaired) electrons. The first-order chi connectivity index (χ1) is 16.7. The van der Waals surface area contributed by atoms with Crippen molar-refractivity contribution in [3.63, 3.8) is 0 Å². The summed E-state index contributed by atoms with van der Waals surface area (Å²) in [5.74, 6) is 0. The lowest BCUT2D eigenvalue weighted by atomic mass is 9.98. The smallest absolute Gasteiger partial charge is 0.411 e. The van der Waals surface area contributed by atoms with Crippen LogP contribution in [-0.2, 0) is 22.5 Å². The molecule has 1 atom stereocenters. The highest BCUT2D eigenvalue weighted by atomic mass is 16.6. The van der Waals surface area contributed by atoms with Crippen molar-refractivity contribution in [2.45, 2.75) is 45.4 Å². The summed E-state index contributed by atoms with van der Waals surface area (Å²) in [4.78, 5) is 24.0. The van der Waals surface area contributed by atoms with Gasteiger partial charge in [-0.15, -0.1) is 0 Å². The van der Waals surface area contributed by atoms with Gasteiger partial charge in [-0.2, -0.15) is 10.2 Å². The number of aliphatic hydroxyl groups excluding tert-OH is 1. The first-order valence-corrected chi connectivity index (χ1v) is 11.1. The van der Waals surface area contributed by atoms with Crippen molar-refractivity contribution in [2.75, 3.05) is 12.4 Å². The monoisotopic (exact) mass is 478 g/mol. The van der Waals surface area contributed by atoms with Crippen LogP contribution in [0.1, 0.15) is 43.8 Å². The average Bonchev–Trinajstić information content (AvgIpc) is 2.83. The van der Waals surface area contributed by atoms with Gasteiger partial charge in [-0.3, -0.25) is 5.32 Å². The number of amides is 2. The van der Waals surface area contributed by atoms with Gasteiger partial charge in [-0.05, 0) is 56.5 Å². The predicted octanol–water partition coefficient (Wildman–Crippen LogP) is 4.62. The molecule has 3 N–H and O–H groups in total. The number of benzene rings is 2. The summed E-state index contributed by atoms with van der Waals surface area (Å²) in [6.45, 7) is 5.08. The molecule has 0 aliphatic heterocycles. The van der Waals surface area contributed by atoms with Crippen molar-refractivity contribution in [2.24, 2.45) is 0 Å². The van der Waals surface area contributed by atoms with Gasteiger partial charge in [-0.25, -0.2) is 9.59 Å². The van der Waals surface area contributed by atoms with Crippen LogP contribution in [0, 0.1) is 0 Å². The summed E-state index contributed by atoms with van der Waals surface area (Å²) in [5, 5.41) is 23.9. The number of nitrogens with one attached hydrogen (secondary N) is 2. The summed E-state index contributed by atoms with van der Waals surface area (Å²) < 4.78 is 10.1. The van der Waals surface area contributed by atoms with Crippen LogP contribution in [0.25, 0.3) is 11.1 Å². The van der Waals surface area contributed by atoms with E-state index in [1.54, 1.807) is 51.1 Å². The molecule has 1 aromatic heterocycles. The fourth-order valence-electron chi connectivity index (χ4n) is 3.40. The molecule has 3 aromatic rings. The number of anilines is 1. The number of methoxy groups -OCH3 is 1. The first-order valence-electron chi connectivity index (χ1n) is 11.1. The van der Waals surface area contributed by atoms with E-state index in [1.807, 2.05) is 30.3 Å². The molecule has 0 unspecified atom stereocenters. The van der Waals surface area contributed by atoms with Crippen molar-refractivity contribution >= 4 is 17.9 Å². The van der Waals surface area contributed by atoms with Gasteiger partial charge in [-0.1, -0.05) is 42.5 Å². The highest BCUT2D eigenvalue weighted by molar-refractivity contribution is 5.85. The lowest BCUT2D eigenvalue weighted by Gasteiger charge is -2.24. The Morgan fingerprint density at radius 3 is 2.29 bits per heavy atom. The summed E-state index contributed by atoms with van der Waals surface area (Å²) >= 11 is 0. The number of nitrogens with zero attached hydrogens (tertiary/aromatic N) is 2. The standard InChI is InChI=1S/C26H30N4O5/c1-26(2,3)35-25(33)28-21(14-17-8-6-5-7-9-17)22-15-20(23(16-31)30-29-22)18-10-12-19(13-11-18)27-24(32)34-4/h5-13,15,21,31H,14,16H2,1-4H3,(H,27,32)(H,28,33)/t21-/m0/s1. The highest BCUT2D eigenvalue weighted by Crippen LogP contribution is 2.28. The molecular formula is C26H30N4O5. The minimum Gasteiger partial charge on any atom is -0.453 e. The molecule has 2 aromatic carbocycles. The van der Waals surface area contributed by atoms with Gasteiger partial charge in [0.2, 0.25) is 0 Å². The molecule has 9 heteroatoms. The number of carbonyl (C=O) groups excluding carboxylic acids is 2. The Bertz CT molecular complexity index is 1140. The maximum Gasteiger partial charge on any atom is 0.411 e. The predicted molar refractivity (Wildman–Crippen MR) is 132 cm³/mol. The van der Waals surface area contributed by atoms with E-state index < -0.39 is 23.8 Å². The summed E-state index contributed by atoms with van der Waals surface area (Å²) in [6.07, 6.45) is -0.667. The summed E-state index contributed by atoms with van der Waals surface area (Å²) in [5.41, 5.74) is 3.23. The van der Waals surface area contributed by atoms with Crippen molar-refractivity contribution < 1.29 is 24.2 Å². The molecule has 35 heavy (non-hydrogen) atoms. The maximum atomic E-state index is 12.6. The quantitative estimate of drug-likeness (QED) is 0.453. The Balaban J connectivity index is 1.94. The normalized spacial score (nSPS) is 11.9. The molecule has 0 spiro atoms. The number of hydrogen-bond acceptors (Lipinski definition) is 7. The van der Waals surface area contributed by atoms with Crippen molar-refractivity contribution in [1.29, 1.82) is 0 Å². The van der Waals surface area contributed by atoms with Crippen LogP contribution in [0.2, 0.25) is 0 Å². The minimum atomic E-state index is -0.654. The van der Waals surface area contributed by atoms with Crippen LogP contribution in [0.5, 0.6) is 0 Å². The van der Waals surface area contributed by atoms with E-state index in [9.17, 15) is 14.7 Å². The van der Waals surface area contributed by atoms with E-state index in [1.165, 1.54) is 7.11 Å². The molecule has 0 aliphatic rings. The first kappa shape index (κ1) is 25.6. The fraction of sp³-hybridized carbons (Fsp3) is 0.308. The Morgan fingerprint density at radius 1 is 1.00 bits per heavy atom. The molecule has 0 aliphatic carbocycles. The number of rotatable bonds is 7. The maximum absolute atomic E-state index is 12.6. The van der Waals surface area contributed by atoms with Crippen LogP contribution in [0.3, 0.4) is 0 Å². The number of aliphatic hydroxyl groups is 1. The van der Waals surface area contributed by atoms with E-state index in [2.05, 4.69) is 25.6 Å². The average molecular weight is 479 g/mol. The zero-order valence-corrected chi connectivity index (χ0v) is 20.2. The van der Waals surface area contributed by atoms with Gasteiger partial charge in [0.25, 0.3) is 0 Å². The van der Waals surface area contributed by atoms with Crippen molar-refractivity contribution in [3.05, 3.63) is 77.6 Å².